The Labute approximate surface area is 74.0 Å². The van der Waals surface area contributed by atoms with Crippen molar-refractivity contribution >= 4 is 5.71 Å². The molecule has 1 rings (SSSR count). The summed E-state index contributed by atoms with van der Waals surface area (Å²) in [6.45, 7) is 3.65. The van der Waals surface area contributed by atoms with E-state index in [1.54, 1.807) is 0 Å². The minimum Gasteiger partial charge on any atom is -0.411 e. The average Bonchev–Trinajstić information content (AvgIpc) is 2.15. The van der Waals surface area contributed by atoms with E-state index in [1.807, 2.05) is 6.08 Å². The Hall–Kier alpha value is -0.790. The minimum atomic E-state index is 0.516. The van der Waals surface area contributed by atoms with Crippen LogP contribution in [0.25, 0.3) is 0 Å². The third-order valence-electron chi connectivity index (χ3n) is 2.56. The maximum atomic E-state index is 8.75. The molecule has 0 aliphatic heterocycles. The summed E-state index contributed by atoms with van der Waals surface area (Å²) in [4.78, 5) is 0. The van der Waals surface area contributed by atoms with E-state index in [0.29, 0.717) is 5.92 Å². The van der Waals surface area contributed by atoms with Crippen LogP contribution in [0.15, 0.2) is 17.8 Å². The molecule has 1 saturated carbocycles. The maximum Gasteiger partial charge on any atom is 0.0639 e. The Morgan fingerprint density at radius 1 is 1.42 bits per heavy atom. The summed E-state index contributed by atoms with van der Waals surface area (Å²) in [5.41, 5.74) is 0.921. The second kappa shape index (κ2) is 4.96. The molecule has 68 valence electrons. The molecule has 0 aromatic rings. The molecule has 1 aliphatic rings. The van der Waals surface area contributed by atoms with Crippen molar-refractivity contribution in [2.75, 3.05) is 0 Å². The summed E-state index contributed by atoms with van der Waals surface area (Å²) in [7, 11) is 0. The van der Waals surface area contributed by atoms with Gasteiger partial charge >= 0.3 is 0 Å². The molecule has 1 aliphatic carbocycles. The first kappa shape index (κ1) is 9.30. The molecule has 1 N–H and O–H groups in total. The zero-order valence-corrected chi connectivity index (χ0v) is 7.50. The lowest BCUT2D eigenvalue weighted by Crippen LogP contribution is -2.17. The highest BCUT2D eigenvalue weighted by atomic mass is 16.4. The number of hydrogen-bond donors (Lipinski definition) is 1. The summed E-state index contributed by atoms with van der Waals surface area (Å²) < 4.78 is 0. The van der Waals surface area contributed by atoms with Crippen molar-refractivity contribution in [3.8, 4) is 0 Å². The second-order valence-electron chi connectivity index (χ2n) is 3.42. The predicted molar refractivity (Wildman–Crippen MR) is 50.6 cm³/mol. The van der Waals surface area contributed by atoms with Gasteiger partial charge in [-0.05, 0) is 12.8 Å². The summed E-state index contributed by atoms with van der Waals surface area (Å²) >= 11 is 0. The highest BCUT2D eigenvalue weighted by Crippen LogP contribution is 2.25. The lowest BCUT2D eigenvalue weighted by Gasteiger charge is -2.21. The van der Waals surface area contributed by atoms with Crippen LogP contribution in [0.2, 0.25) is 0 Å². The molecule has 0 spiro atoms. The zero-order chi connectivity index (χ0) is 8.81. The van der Waals surface area contributed by atoms with Gasteiger partial charge in [0, 0.05) is 12.3 Å². The summed E-state index contributed by atoms with van der Waals surface area (Å²) in [5, 5.41) is 12.1. The molecule has 0 aromatic heterocycles. The summed E-state index contributed by atoms with van der Waals surface area (Å²) in [6.07, 6.45) is 8.82. The van der Waals surface area contributed by atoms with Gasteiger partial charge in [-0.2, -0.15) is 0 Å². The first-order chi connectivity index (χ1) is 5.88. The molecular weight excluding hydrogens is 150 g/mol. The van der Waals surface area contributed by atoms with Crippen LogP contribution in [0.3, 0.4) is 0 Å². The van der Waals surface area contributed by atoms with Crippen molar-refractivity contribution in [1.29, 1.82) is 0 Å². The van der Waals surface area contributed by atoms with Gasteiger partial charge in [0.05, 0.1) is 5.71 Å². The third kappa shape index (κ3) is 2.36. The van der Waals surface area contributed by atoms with E-state index in [2.05, 4.69) is 11.7 Å². The molecular formula is C10H17NO. The third-order valence-corrected chi connectivity index (χ3v) is 2.56. The molecule has 0 heterocycles. The van der Waals surface area contributed by atoms with Gasteiger partial charge in [-0.25, -0.2) is 0 Å². The van der Waals surface area contributed by atoms with Crippen LogP contribution < -0.4 is 0 Å². The van der Waals surface area contributed by atoms with Crippen LogP contribution in [0.5, 0.6) is 0 Å². The highest BCUT2D eigenvalue weighted by molar-refractivity contribution is 5.87. The van der Waals surface area contributed by atoms with E-state index >= 15 is 0 Å². The van der Waals surface area contributed by atoms with Crippen LogP contribution in [-0.4, -0.2) is 10.9 Å². The van der Waals surface area contributed by atoms with Gasteiger partial charge in [0.1, 0.15) is 0 Å². The van der Waals surface area contributed by atoms with Crippen LogP contribution in [-0.2, 0) is 0 Å². The van der Waals surface area contributed by atoms with E-state index < -0.39 is 0 Å². The standard InChI is InChI=1S/C10H17NO/c1-2-6-10(11-12)9-7-4-3-5-8-9/h2,9,12H,1,3-8H2/b11-10+. The van der Waals surface area contributed by atoms with E-state index in [-0.39, 0.29) is 0 Å². The van der Waals surface area contributed by atoms with E-state index in [0.717, 1.165) is 12.1 Å². The van der Waals surface area contributed by atoms with Gasteiger partial charge in [-0.15, -0.1) is 6.58 Å². The van der Waals surface area contributed by atoms with Crippen molar-refractivity contribution in [1.82, 2.24) is 0 Å². The molecule has 12 heavy (non-hydrogen) atoms. The molecule has 0 unspecified atom stereocenters. The Kier molecular flexibility index (Phi) is 3.85. The van der Waals surface area contributed by atoms with E-state index in [4.69, 9.17) is 5.21 Å². The van der Waals surface area contributed by atoms with Crippen molar-refractivity contribution in [3.63, 3.8) is 0 Å². The van der Waals surface area contributed by atoms with Crippen molar-refractivity contribution in [3.05, 3.63) is 12.7 Å². The lowest BCUT2D eigenvalue weighted by atomic mass is 9.85. The molecule has 0 saturated heterocycles. The predicted octanol–water partition coefficient (Wildman–Crippen LogP) is 2.97. The van der Waals surface area contributed by atoms with Crippen molar-refractivity contribution in [2.45, 2.75) is 38.5 Å². The largest absolute Gasteiger partial charge is 0.411 e. The van der Waals surface area contributed by atoms with Gasteiger partial charge in [0.15, 0.2) is 0 Å². The zero-order valence-electron chi connectivity index (χ0n) is 7.50. The number of nitrogens with zero attached hydrogens (tertiary/aromatic N) is 1. The Balaban J connectivity index is 2.46. The Bertz CT molecular complexity index is 169. The van der Waals surface area contributed by atoms with Crippen LogP contribution in [0.1, 0.15) is 38.5 Å². The van der Waals surface area contributed by atoms with Crippen molar-refractivity contribution in [2.24, 2.45) is 11.1 Å². The molecule has 0 radical (unpaired) electrons. The monoisotopic (exact) mass is 167 g/mol. The van der Waals surface area contributed by atoms with Crippen molar-refractivity contribution < 1.29 is 5.21 Å². The first-order valence-electron chi connectivity index (χ1n) is 4.70. The SMILES string of the molecule is C=CC/C(=N\O)C1CCCCC1. The Morgan fingerprint density at radius 2 is 2.08 bits per heavy atom. The highest BCUT2D eigenvalue weighted by Gasteiger charge is 2.18. The fourth-order valence-electron chi connectivity index (χ4n) is 1.87. The van der Waals surface area contributed by atoms with Gasteiger partial charge in [-0.1, -0.05) is 30.5 Å². The minimum absolute atomic E-state index is 0.516. The molecule has 2 nitrogen and oxygen atoms in total. The number of oxime groups is 1. The van der Waals surface area contributed by atoms with E-state index in [1.165, 1.54) is 32.1 Å². The number of rotatable bonds is 3. The number of allylic oxidation sites excluding steroid dienone is 1. The molecule has 0 amide bonds. The topological polar surface area (TPSA) is 32.6 Å². The fourth-order valence-corrected chi connectivity index (χ4v) is 1.87. The van der Waals surface area contributed by atoms with Crippen LogP contribution in [0, 0.1) is 5.92 Å². The number of hydrogen-bond acceptors (Lipinski definition) is 2. The molecule has 0 atom stereocenters. The lowest BCUT2D eigenvalue weighted by molar-refractivity contribution is 0.308. The maximum absolute atomic E-state index is 8.75. The normalized spacial score (nSPS) is 20.8. The fraction of sp³-hybridized carbons (Fsp3) is 0.700. The second-order valence-corrected chi connectivity index (χ2v) is 3.42. The first-order valence-corrected chi connectivity index (χ1v) is 4.70. The Morgan fingerprint density at radius 3 is 2.58 bits per heavy atom. The summed E-state index contributed by atoms with van der Waals surface area (Å²) in [5.74, 6) is 0.516. The van der Waals surface area contributed by atoms with E-state index in [9.17, 15) is 0 Å². The van der Waals surface area contributed by atoms with Gasteiger partial charge in [0.25, 0.3) is 0 Å². The van der Waals surface area contributed by atoms with Crippen LogP contribution in [0.4, 0.5) is 0 Å². The molecule has 1 fully saturated rings. The molecule has 0 aromatic carbocycles. The average molecular weight is 167 g/mol. The van der Waals surface area contributed by atoms with Gasteiger partial charge < -0.3 is 5.21 Å². The van der Waals surface area contributed by atoms with Gasteiger partial charge in [0.2, 0.25) is 0 Å². The van der Waals surface area contributed by atoms with Gasteiger partial charge in [-0.3, -0.25) is 0 Å². The molecule has 0 bridgehead atoms. The molecule has 2 heteroatoms. The summed E-state index contributed by atoms with van der Waals surface area (Å²) in [6, 6.07) is 0. The van der Waals surface area contributed by atoms with Crippen LogP contribution >= 0.6 is 0 Å². The quantitative estimate of drug-likeness (QED) is 0.298. The smallest absolute Gasteiger partial charge is 0.0639 e.